The number of nitrogens with one attached hydrogen (secondary N) is 1. The van der Waals surface area contributed by atoms with E-state index >= 15 is 0 Å². The molecular weight excluding hydrogens is 399 g/mol. The third-order valence-electron chi connectivity index (χ3n) is 4.11. The Kier molecular flexibility index (Phi) is 7.88. The van der Waals surface area contributed by atoms with Gasteiger partial charge in [-0.3, -0.25) is 9.10 Å². The molecule has 28 heavy (non-hydrogen) atoms. The molecule has 1 atom stereocenters. The number of hydrogen-bond acceptors (Lipinski definition) is 4. The molecule has 0 saturated carbocycles. The van der Waals surface area contributed by atoms with Crippen LogP contribution in [0, 0.1) is 12.7 Å². The van der Waals surface area contributed by atoms with Gasteiger partial charge in [0.2, 0.25) is 15.9 Å². The monoisotopic (exact) mass is 424 g/mol. The smallest absolute Gasteiger partial charge is 0.243 e. The minimum atomic E-state index is -3.83. The molecule has 0 aliphatic rings. The summed E-state index contributed by atoms with van der Waals surface area (Å²) in [5.41, 5.74) is 2.28. The van der Waals surface area contributed by atoms with E-state index in [0.717, 1.165) is 16.3 Å². The van der Waals surface area contributed by atoms with Crippen molar-refractivity contribution in [3.8, 4) is 0 Å². The second kappa shape index (κ2) is 9.93. The summed E-state index contributed by atoms with van der Waals surface area (Å²) in [5, 5.41) is 2.73. The Labute approximate surface area is 170 Å². The van der Waals surface area contributed by atoms with Gasteiger partial charge in [-0.1, -0.05) is 42.0 Å². The summed E-state index contributed by atoms with van der Waals surface area (Å²) in [6.45, 7) is 3.88. The van der Waals surface area contributed by atoms with Crippen molar-refractivity contribution in [1.82, 2.24) is 5.32 Å². The maximum absolute atomic E-state index is 14.1. The predicted molar refractivity (Wildman–Crippen MR) is 114 cm³/mol. The Hall–Kier alpha value is -2.06. The van der Waals surface area contributed by atoms with E-state index in [0.29, 0.717) is 12.3 Å². The number of benzene rings is 2. The third kappa shape index (κ3) is 6.24. The first-order valence-corrected chi connectivity index (χ1v) is 11.9. The first-order chi connectivity index (χ1) is 13.2. The van der Waals surface area contributed by atoms with Crippen LogP contribution in [0.1, 0.15) is 18.1 Å². The van der Waals surface area contributed by atoms with Gasteiger partial charge in [0.05, 0.1) is 11.9 Å². The Morgan fingerprint density at radius 1 is 1.18 bits per heavy atom. The lowest BCUT2D eigenvalue weighted by Gasteiger charge is -2.28. The zero-order chi connectivity index (χ0) is 20.7. The highest BCUT2D eigenvalue weighted by Gasteiger charge is 2.30. The molecule has 2 rings (SSSR count). The molecule has 0 spiro atoms. The number of amides is 1. The largest absolute Gasteiger partial charge is 0.353 e. The number of para-hydroxylation sites is 1. The van der Waals surface area contributed by atoms with Gasteiger partial charge in [-0.2, -0.15) is 11.8 Å². The quantitative estimate of drug-likeness (QED) is 0.627. The third-order valence-corrected chi connectivity index (χ3v) is 6.37. The number of aryl methyl sites for hydroxylation is 1. The predicted octanol–water partition coefficient (Wildman–Crippen LogP) is 3.34. The minimum Gasteiger partial charge on any atom is -0.353 e. The number of thioether (sulfide) groups is 1. The number of carbonyl (C=O) groups is 1. The zero-order valence-corrected chi connectivity index (χ0v) is 17.8. The Bertz CT molecular complexity index is 902. The SMILES string of the molecule is Cc1ccc(CSCCNC(=O)[C@H](C)N(c2ccccc2F)S(C)(=O)=O)cc1. The van der Waals surface area contributed by atoms with Gasteiger partial charge in [0.1, 0.15) is 11.9 Å². The molecule has 0 fully saturated rings. The topological polar surface area (TPSA) is 66.5 Å². The maximum Gasteiger partial charge on any atom is 0.243 e. The first-order valence-electron chi connectivity index (χ1n) is 8.85. The van der Waals surface area contributed by atoms with Gasteiger partial charge in [-0.05, 0) is 31.5 Å². The molecule has 0 saturated heterocycles. The van der Waals surface area contributed by atoms with Gasteiger partial charge in [-0.15, -0.1) is 0 Å². The Balaban J connectivity index is 1.90. The van der Waals surface area contributed by atoms with Crippen LogP contribution in [0.15, 0.2) is 48.5 Å². The summed E-state index contributed by atoms with van der Waals surface area (Å²) >= 11 is 1.67. The molecule has 2 aromatic carbocycles. The van der Waals surface area contributed by atoms with Gasteiger partial charge in [-0.25, -0.2) is 12.8 Å². The number of nitrogens with zero attached hydrogens (tertiary/aromatic N) is 1. The van der Waals surface area contributed by atoms with E-state index in [1.807, 2.05) is 6.92 Å². The van der Waals surface area contributed by atoms with Crippen LogP contribution >= 0.6 is 11.8 Å². The second-order valence-electron chi connectivity index (χ2n) is 6.52. The molecule has 0 aliphatic carbocycles. The summed E-state index contributed by atoms with van der Waals surface area (Å²) in [6, 6.07) is 12.7. The van der Waals surface area contributed by atoms with Crippen LogP contribution in [0.4, 0.5) is 10.1 Å². The lowest BCUT2D eigenvalue weighted by molar-refractivity contribution is -0.121. The molecule has 0 unspecified atom stereocenters. The summed E-state index contributed by atoms with van der Waals surface area (Å²) in [6.07, 6.45) is 0.959. The molecule has 1 N–H and O–H groups in total. The van der Waals surface area contributed by atoms with E-state index in [1.54, 1.807) is 11.8 Å². The van der Waals surface area contributed by atoms with E-state index in [1.165, 1.54) is 42.3 Å². The summed E-state index contributed by atoms with van der Waals surface area (Å²) < 4.78 is 39.2. The van der Waals surface area contributed by atoms with Gasteiger partial charge in [0.15, 0.2) is 0 Å². The number of carbonyl (C=O) groups excluding carboxylic acids is 1. The molecule has 0 aliphatic heterocycles. The minimum absolute atomic E-state index is 0.138. The van der Waals surface area contributed by atoms with E-state index in [2.05, 4.69) is 29.6 Å². The Morgan fingerprint density at radius 2 is 1.82 bits per heavy atom. The van der Waals surface area contributed by atoms with Gasteiger partial charge < -0.3 is 5.32 Å². The van der Waals surface area contributed by atoms with E-state index in [9.17, 15) is 17.6 Å². The van der Waals surface area contributed by atoms with Crippen LogP contribution < -0.4 is 9.62 Å². The van der Waals surface area contributed by atoms with E-state index < -0.39 is 27.8 Å². The molecule has 0 aromatic heterocycles. The molecule has 8 heteroatoms. The van der Waals surface area contributed by atoms with Crippen molar-refractivity contribution in [2.24, 2.45) is 0 Å². The summed E-state index contributed by atoms with van der Waals surface area (Å²) in [7, 11) is -3.83. The summed E-state index contributed by atoms with van der Waals surface area (Å²) in [4.78, 5) is 12.4. The number of anilines is 1. The average molecular weight is 425 g/mol. The molecule has 0 radical (unpaired) electrons. The molecule has 1 amide bonds. The van der Waals surface area contributed by atoms with Crippen molar-refractivity contribution >= 4 is 33.4 Å². The second-order valence-corrected chi connectivity index (χ2v) is 9.48. The van der Waals surface area contributed by atoms with Crippen molar-refractivity contribution in [3.05, 3.63) is 65.5 Å². The van der Waals surface area contributed by atoms with Crippen LogP contribution in [-0.4, -0.2) is 38.9 Å². The van der Waals surface area contributed by atoms with Gasteiger partial charge >= 0.3 is 0 Å². The van der Waals surface area contributed by atoms with E-state index in [-0.39, 0.29) is 5.69 Å². The van der Waals surface area contributed by atoms with Crippen LogP contribution in [0.3, 0.4) is 0 Å². The van der Waals surface area contributed by atoms with Crippen molar-refractivity contribution in [2.75, 3.05) is 22.9 Å². The standard InChI is InChI=1S/C20H25FN2O3S2/c1-15-8-10-17(11-9-15)14-27-13-12-22-20(24)16(2)23(28(3,25)26)19-7-5-4-6-18(19)21/h4-11,16H,12-14H2,1-3H3,(H,22,24)/t16-/m0/s1. The van der Waals surface area contributed by atoms with Crippen LogP contribution in [0.25, 0.3) is 0 Å². The molecular formula is C20H25FN2O3S2. The highest BCUT2D eigenvalue weighted by molar-refractivity contribution is 7.98. The average Bonchev–Trinajstić information content (AvgIpc) is 2.63. The van der Waals surface area contributed by atoms with Crippen LogP contribution in [-0.2, 0) is 20.6 Å². The Morgan fingerprint density at radius 3 is 2.43 bits per heavy atom. The highest BCUT2D eigenvalue weighted by atomic mass is 32.2. The van der Waals surface area contributed by atoms with Gasteiger partial charge in [0.25, 0.3) is 0 Å². The van der Waals surface area contributed by atoms with Gasteiger partial charge in [0, 0.05) is 18.1 Å². The normalized spacial score (nSPS) is 12.4. The van der Waals surface area contributed by atoms with Crippen molar-refractivity contribution in [3.63, 3.8) is 0 Å². The fourth-order valence-electron chi connectivity index (χ4n) is 2.68. The first kappa shape index (κ1) is 22.2. The lowest BCUT2D eigenvalue weighted by Crippen LogP contribution is -2.48. The number of hydrogen-bond donors (Lipinski definition) is 1. The summed E-state index contributed by atoms with van der Waals surface area (Å²) in [5.74, 6) is 0.354. The fraction of sp³-hybridized carbons (Fsp3) is 0.350. The molecule has 2 aromatic rings. The van der Waals surface area contributed by atoms with Crippen molar-refractivity contribution < 1.29 is 17.6 Å². The lowest BCUT2D eigenvalue weighted by atomic mass is 10.2. The number of sulfonamides is 1. The number of rotatable bonds is 9. The van der Waals surface area contributed by atoms with Crippen molar-refractivity contribution in [2.45, 2.75) is 25.6 Å². The fourth-order valence-corrected chi connectivity index (χ4v) is 4.67. The molecule has 152 valence electrons. The van der Waals surface area contributed by atoms with Crippen LogP contribution in [0.2, 0.25) is 0 Å². The zero-order valence-electron chi connectivity index (χ0n) is 16.2. The number of halogens is 1. The maximum atomic E-state index is 14.1. The molecule has 5 nitrogen and oxygen atoms in total. The molecule has 0 bridgehead atoms. The van der Waals surface area contributed by atoms with Crippen LogP contribution in [0.5, 0.6) is 0 Å². The van der Waals surface area contributed by atoms with E-state index in [4.69, 9.17) is 0 Å². The van der Waals surface area contributed by atoms with Crippen molar-refractivity contribution in [1.29, 1.82) is 0 Å². The highest BCUT2D eigenvalue weighted by Crippen LogP contribution is 2.24. The molecule has 0 heterocycles.